The molecule has 0 unspecified atom stereocenters. The monoisotopic (exact) mass is 224 g/mol. The van der Waals surface area contributed by atoms with Crippen LogP contribution in [0.4, 0.5) is 5.69 Å². The van der Waals surface area contributed by atoms with E-state index in [1.54, 1.807) is 0 Å². The van der Waals surface area contributed by atoms with E-state index < -0.39 is 11.9 Å². The summed E-state index contributed by atoms with van der Waals surface area (Å²) in [7, 11) is 2.76. The number of carboxylic acid groups (broad SMARTS) is 1. The van der Waals surface area contributed by atoms with Crippen molar-refractivity contribution < 1.29 is 19.5 Å². The van der Waals surface area contributed by atoms with Crippen LogP contribution in [0.15, 0.2) is 18.2 Å². The average molecular weight is 224 g/mol. The number of hydroxylamine groups is 2. The highest BCUT2D eigenvalue weighted by molar-refractivity contribution is 5.98. The van der Waals surface area contributed by atoms with Crippen molar-refractivity contribution in [3.63, 3.8) is 0 Å². The lowest BCUT2D eigenvalue weighted by Gasteiger charge is -2.14. The van der Waals surface area contributed by atoms with Crippen LogP contribution in [-0.4, -0.2) is 36.2 Å². The Hall–Kier alpha value is -2.08. The molecule has 86 valence electrons. The third-order valence-electron chi connectivity index (χ3n) is 2.01. The number of hydrogen-bond donors (Lipinski definition) is 2. The van der Waals surface area contributed by atoms with E-state index in [1.807, 2.05) is 0 Å². The second kappa shape index (κ2) is 4.63. The third kappa shape index (κ3) is 2.48. The minimum atomic E-state index is -1.14. The summed E-state index contributed by atoms with van der Waals surface area (Å²) in [5.74, 6) is -1.60. The molecule has 0 heterocycles. The normalized spacial score (nSPS) is 9.88. The van der Waals surface area contributed by atoms with Gasteiger partial charge in [0.15, 0.2) is 0 Å². The third-order valence-corrected chi connectivity index (χ3v) is 2.01. The van der Waals surface area contributed by atoms with Crippen molar-refractivity contribution >= 4 is 17.6 Å². The van der Waals surface area contributed by atoms with Crippen LogP contribution in [0.2, 0.25) is 0 Å². The molecule has 6 nitrogen and oxygen atoms in total. The zero-order valence-corrected chi connectivity index (χ0v) is 8.93. The summed E-state index contributed by atoms with van der Waals surface area (Å²) in [6.45, 7) is 0. The van der Waals surface area contributed by atoms with Crippen LogP contribution in [0.3, 0.4) is 0 Å². The summed E-state index contributed by atoms with van der Waals surface area (Å²) < 4.78 is 0. The zero-order chi connectivity index (χ0) is 12.3. The Balaban J connectivity index is 3.14. The average Bonchev–Trinajstić information content (AvgIpc) is 2.26. The van der Waals surface area contributed by atoms with Crippen LogP contribution in [0.1, 0.15) is 20.7 Å². The molecule has 0 bridgehead atoms. The molecule has 1 rings (SSSR count). The number of aromatic carboxylic acids is 1. The van der Waals surface area contributed by atoms with Crippen molar-refractivity contribution in [1.82, 2.24) is 5.06 Å². The standard InChI is InChI=1S/C10H12N2O4/c1-12(16-2)9(13)6-3-7(10(14)15)5-8(11)4-6/h3-5H,11H2,1-2H3,(H,14,15). The van der Waals surface area contributed by atoms with Gasteiger partial charge in [0.25, 0.3) is 5.91 Å². The lowest BCUT2D eigenvalue weighted by atomic mass is 10.1. The van der Waals surface area contributed by atoms with Gasteiger partial charge in [-0.25, -0.2) is 9.86 Å². The van der Waals surface area contributed by atoms with Gasteiger partial charge in [-0.2, -0.15) is 0 Å². The highest BCUT2D eigenvalue weighted by Gasteiger charge is 2.14. The molecule has 1 amide bonds. The van der Waals surface area contributed by atoms with Crippen molar-refractivity contribution in [3.8, 4) is 0 Å². The summed E-state index contributed by atoms with van der Waals surface area (Å²) in [6, 6.07) is 3.92. The summed E-state index contributed by atoms with van der Waals surface area (Å²) in [5.41, 5.74) is 5.85. The van der Waals surface area contributed by atoms with Gasteiger partial charge in [-0.3, -0.25) is 9.63 Å². The molecule has 0 saturated carbocycles. The van der Waals surface area contributed by atoms with Gasteiger partial charge in [-0.15, -0.1) is 0 Å². The van der Waals surface area contributed by atoms with E-state index in [2.05, 4.69) is 0 Å². The Morgan fingerprint density at radius 2 is 1.88 bits per heavy atom. The maximum Gasteiger partial charge on any atom is 0.335 e. The van der Waals surface area contributed by atoms with E-state index in [9.17, 15) is 9.59 Å². The number of carbonyl (C=O) groups excluding carboxylic acids is 1. The largest absolute Gasteiger partial charge is 0.478 e. The van der Waals surface area contributed by atoms with Gasteiger partial charge in [0.2, 0.25) is 0 Å². The second-order valence-electron chi connectivity index (χ2n) is 3.13. The second-order valence-corrected chi connectivity index (χ2v) is 3.13. The molecule has 0 aliphatic rings. The van der Waals surface area contributed by atoms with Crippen molar-refractivity contribution in [1.29, 1.82) is 0 Å². The maximum atomic E-state index is 11.7. The first-order chi connectivity index (χ1) is 7.45. The SMILES string of the molecule is CON(C)C(=O)c1cc(N)cc(C(=O)O)c1. The van der Waals surface area contributed by atoms with Gasteiger partial charge in [-0.1, -0.05) is 0 Å². The molecule has 0 saturated heterocycles. The lowest BCUT2D eigenvalue weighted by Crippen LogP contribution is -2.25. The smallest absolute Gasteiger partial charge is 0.335 e. The van der Waals surface area contributed by atoms with Crippen molar-refractivity contribution in [2.24, 2.45) is 0 Å². The van der Waals surface area contributed by atoms with Gasteiger partial charge in [0, 0.05) is 18.3 Å². The lowest BCUT2D eigenvalue weighted by molar-refractivity contribution is -0.0756. The molecule has 0 fully saturated rings. The Morgan fingerprint density at radius 3 is 2.38 bits per heavy atom. The van der Waals surface area contributed by atoms with Crippen LogP contribution < -0.4 is 5.73 Å². The highest BCUT2D eigenvalue weighted by Crippen LogP contribution is 2.13. The van der Waals surface area contributed by atoms with Crippen LogP contribution in [0.25, 0.3) is 0 Å². The van der Waals surface area contributed by atoms with E-state index in [1.165, 1.54) is 32.4 Å². The first-order valence-corrected chi connectivity index (χ1v) is 4.41. The Labute approximate surface area is 92.2 Å². The number of benzene rings is 1. The fourth-order valence-electron chi connectivity index (χ4n) is 1.16. The number of hydrogen-bond acceptors (Lipinski definition) is 4. The molecular weight excluding hydrogens is 212 g/mol. The number of rotatable bonds is 3. The van der Waals surface area contributed by atoms with E-state index in [-0.39, 0.29) is 16.8 Å². The number of nitrogens with two attached hydrogens (primary N) is 1. The molecule has 0 aliphatic heterocycles. The quantitative estimate of drug-likeness (QED) is 0.579. The molecular formula is C10H12N2O4. The van der Waals surface area contributed by atoms with Gasteiger partial charge < -0.3 is 10.8 Å². The summed E-state index contributed by atoms with van der Waals surface area (Å²) in [6.07, 6.45) is 0. The van der Waals surface area contributed by atoms with Gasteiger partial charge in [-0.05, 0) is 18.2 Å². The predicted molar refractivity (Wildman–Crippen MR) is 56.9 cm³/mol. The highest BCUT2D eigenvalue weighted by atomic mass is 16.7. The van der Waals surface area contributed by atoms with E-state index in [4.69, 9.17) is 15.7 Å². The molecule has 3 N–H and O–H groups in total. The first kappa shape index (κ1) is 12.0. The molecule has 1 aromatic carbocycles. The first-order valence-electron chi connectivity index (χ1n) is 4.41. The minimum absolute atomic E-state index is 0.0344. The Morgan fingerprint density at radius 1 is 1.31 bits per heavy atom. The fraction of sp³-hybridized carbons (Fsp3) is 0.200. The summed E-state index contributed by atoms with van der Waals surface area (Å²) >= 11 is 0. The summed E-state index contributed by atoms with van der Waals surface area (Å²) in [5, 5.41) is 9.79. The van der Waals surface area contributed by atoms with Crippen molar-refractivity contribution in [3.05, 3.63) is 29.3 Å². The number of nitrogen functional groups attached to an aromatic ring is 1. The van der Waals surface area contributed by atoms with Crippen LogP contribution in [0.5, 0.6) is 0 Å². The number of amides is 1. The van der Waals surface area contributed by atoms with Crippen molar-refractivity contribution in [2.45, 2.75) is 0 Å². The molecule has 16 heavy (non-hydrogen) atoms. The van der Waals surface area contributed by atoms with Crippen LogP contribution >= 0.6 is 0 Å². The minimum Gasteiger partial charge on any atom is -0.478 e. The molecule has 0 atom stereocenters. The Kier molecular flexibility index (Phi) is 3.47. The number of nitrogens with zero attached hydrogens (tertiary/aromatic N) is 1. The molecule has 6 heteroatoms. The van der Waals surface area contributed by atoms with E-state index >= 15 is 0 Å². The zero-order valence-electron chi connectivity index (χ0n) is 8.93. The summed E-state index contributed by atoms with van der Waals surface area (Å²) in [4.78, 5) is 27.1. The number of carbonyl (C=O) groups is 2. The molecule has 0 aromatic heterocycles. The molecule has 1 aromatic rings. The maximum absolute atomic E-state index is 11.7. The van der Waals surface area contributed by atoms with Gasteiger partial charge >= 0.3 is 5.97 Å². The topological polar surface area (TPSA) is 92.9 Å². The number of anilines is 1. The van der Waals surface area contributed by atoms with Crippen molar-refractivity contribution in [2.75, 3.05) is 19.9 Å². The Bertz CT molecular complexity index is 431. The molecule has 0 aliphatic carbocycles. The van der Waals surface area contributed by atoms with E-state index in [0.29, 0.717) is 0 Å². The van der Waals surface area contributed by atoms with Gasteiger partial charge in [0.1, 0.15) is 0 Å². The molecule has 0 spiro atoms. The number of carboxylic acids is 1. The van der Waals surface area contributed by atoms with E-state index in [0.717, 1.165) is 5.06 Å². The van der Waals surface area contributed by atoms with Gasteiger partial charge in [0.05, 0.1) is 12.7 Å². The van der Waals surface area contributed by atoms with Crippen LogP contribution in [-0.2, 0) is 4.84 Å². The van der Waals surface area contributed by atoms with Crippen LogP contribution in [0, 0.1) is 0 Å². The molecule has 0 radical (unpaired) electrons. The fourth-order valence-corrected chi connectivity index (χ4v) is 1.16. The predicted octanol–water partition coefficient (Wildman–Crippen LogP) is 0.600.